The maximum Gasteiger partial charge on any atom is 0.289 e. The molecule has 0 aliphatic heterocycles. The Balaban J connectivity index is 2.83. The smallest absolute Gasteiger partial charge is 0.289 e. The number of carbonyl (C=O) groups excluding carboxylic acids is 1. The van der Waals surface area contributed by atoms with E-state index in [1.54, 1.807) is 14.0 Å². The number of pyridine rings is 1. The van der Waals surface area contributed by atoms with Crippen molar-refractivity contribution >= 4 is 23.5 Å². The molecule has 1 aromatic rings. The molecule has 1 aromatic heterocycles. The Morgan fingerprint density at radius 1 is 1.52 bits per heavy atom. The van der Waals surface area contributed by atoms with Crippen LogP contribution in [0.2, 0.25) is 0 Å². The van der Waals surface area contributed by atoms with E-state index in [9.17, 15) is 4.79 Å². The van der Waals surface area contributed by atoms with Gasteiger partial charge in [0.1, 0.15) is 23.3 Å². The van der Waals surface area contributed by atoms with Crippen molar-refractivity contribution in [3.63, 3.8) is 0 Å². The van der Waals surface area contributed by atoms with Crippen molar-refractivity contribution in [1.29, 1.82) is 10.5 Å². The number of ether oxygens (including phenoxy) is 1. The van der Waals surface area contributed by atoms with Gasteiger partial charge in [-0.2, -0.15) is 10.5 Å². The molecule has 1 amide bonds. The van der Waals surface area contributed by atoms with E-state index in [2.05, 4.69) is 10.3 Å². The Labute approximate surface area is 127 Å². The molecular formula is C13H16N5O2S+. The Bertz CT molecular complexity index is 606. The highest BCUT2D eigenvalue weighted by molar-refractivity contribution is 8.00. The number of nitrogen functional groups attached to an aromatic ring is 1. The lowest BCUT2D eigenvalue weighted by Crippen LogP contribution is -2.34. The highest BCUT2D eigenvalue weighted by Gasteiger charge is 2.20. The van der Waals surface area contributed by atoms with E-state index in [0.29, 0.717) is 18.2 Å². The van der Waals surface area contributed by atoms with Gasteiger partial charge in [0.25, 0.3) is 5.82 Å². The largest absolute Gasteiger partial charge is 0.383 e. The molecule has 7 nitrogen and oxygen atoms in total. The van der Waals surface area contributed by atoms with Crippen molar-refractivity contribution < 1.29 is 14.5 Å². The molecule has 1 heterocycles. The van der Waals surface area contributed by atoms with Crippen LogP contribution in [0.15, 0.2) is 11.1 Å². The summed E-state index contributed by atoms with van der Waals surface area (Å²) in [6, 6.07) is 5.29. The summed E-state index contributed by atoms with van der Waals surface area (Å²) in [5.41, 5.74) is 6.17. The average molecular weight is 306 g/mol. The van der Waals surface area contributed by atoms with Crippen LogP contribution < -0.4 is 16.0 Å². The second-order valence-electron chi connectivity index (χ2n) is 4.11. The lowest BCUT2D eigenvalue weighted by Gasteiger charge is -2.11. The van der Waals surface area contributed by atoms with Crippen molar-refractivity contribution in [3.8, 4) is 12.1 Å². The van der Waals surface area contributed by atoms with Gasteiger partial charge in [-0.05, 0) is 13.0 Å². The van der Waals surface area contributed by atoms with E-state index >= 15 is 0 Å². The first-order valence-electron chi connectivity index (χ1n) is 6.12. The van der Waals surface area contributed by atoms with Gasteiger partial charge >= 0.3 is 0 Å². The van der Waals surface area contributed by atoms with Crippen molar-refractivity contribution in [2.45, 2.75) is 17.2 Å². The molecule has 1 atom stereocenters. The van der Waals surface area contributed by atoms with Gasteiger partial charge in [-0.3, -0.25) is 10.5 Å². The fourth-order valence-electron chi connectivity index (χ4n) is 1.46. The Hall–Kier alpha value is -2.29. The number of H-pyrrole nitrogens is 1. The number of aromatic nitrogens is 1. The summed E-state index contributed by atoms with van der Waals surface area (Å²) in [5.74, 6) is 0.00302. The molecular weight excluding hydrogens is 290 g/mol. The Morgan fingerprint density at radius 3 is 2.76 bits per heavy atom. The number of rotatable bonds is 6. The van der Waals surface area contributed by atoms with Crippen LogP contribution in [0.3, 0.4) is 0 Å². The van der Waals surface area contributed by atoms with E-state index < -0.39 is 5.25 Å². The lowest BCUT2D eigenvalue weighted by atomic mass is 10.2. The summed E-state index contributed by atoms with van der Waals surface area (Å²) < 4.78 is 4.85. The van der Waals surface area contributed by atoms with Crippen molar-refractivity contribution in [1.82, 2.24) is 5.32 Å². The number of nitrogens with zero attached hydrogens (tertiary/aromatic N) is 2. The van der Waals surface area contributed by atoms with E-state index in [4.69, 9.17) is 21.0 Å². The standard InChI is InChI=1S/C13H15N5O2S/c1-8(12(19)17-3-4-20-2)21-13-10(7-15)5-9(6-14)11(16)18-13/h5,8H,3-4H2,1-2H3,(H2,16,18)(H,17,19)/p+1/t8-/m0/s1. The summed E-state index contributed by atoms with van der Waals surface area (Å²) in [5, 5.41) is 20.7. The zero-order valence-electron chi connectivity index (χ0n) is 11.8. The minimum Gasteiger partial charge on any atom is -0.383 e. The fraction of sp³-hybridized carbons (Fsp3) is 0.385. The van der Waals surface area contributed by atoms with Crippen LogP contribution in [-0.2, 0) is 9.53 Å². The zero-order chi connectivity index (χ0) is 15.8. The number of nitrogens with two attached hydrogens (primary N) is 1. The average Bonchev–Trinajstić information content (AvgIpc) is 2.47. The molecule has 0 saturated heterocycles. The number of thioether (sulfide) groups is 1. The molecule has 21 heavy (non-hydrogen) atoms. The molecule has 0 bridgehead atoms. The zero-order valence-corrected chi connectivity index (χ0v) is 12.6. The van der Waals surface area contributed by atoms with Crippen LogP contribution in [0.4, 0.5) is 5.82 Å². The summed E-state index contributed by atoms with van der Waals surface area (Å²) in [6.07, 6.45) is 0. The highest BCUT2D eigenvalue weighted by Crippen LogP contribution is 2.24. The molecule has 4 N–H and O–H groups in total. The molecule has 110 valence electrons. The van der Waals surface area contributed by atoms with Gasteiger partial charge in [0.15, 0.2) is 5.03 Å². The van der Waals surface area contributed by atoms with Crippen molar-refractivity contribution in [2.75, 3.05) is 26.0 Å². The normalized spacial score (nSPS) is 11.2. The molecule has 0 unspecified atom stereocenters. The number of nitriles is 2. The van der Waals surface area contributed by atoms with Gasteiger partial charge in [0.05, 0.1) is 11.9 Å². The fourth-order valence-corrected chi connectivity index (χ4v) is 2.41. The van der Waals surface area contributed by atoms with Gasteiger partial charge in [-0.15, -0.1) is 0 Å². The third kappa shape index (κ3) is 4.63. The number of nitrogens with one attached hydrogen (secondary N) is 2. The maximum atomic E-state index is 11.9. The molecule has 0 radical (unpaired) electrons. The van der Waals surface area contributed by atoms with Crippen molar-refractivity contribution in [2.24, 2.45) is 0 Å². The molecule has 0 aromatic carbocycles. The SMILES string of the molecule is COCCNC(=O)[C@H](C)Sc1[nH+]c(N)c(C#N)cc1C#N. The van der Waals surface area contributed by atoms with E-state index in [0.717, 1.165) is 0 Å². The number of hydrogen-bond acceptors (Lipinski definition) is 6. The predicted octanol–water partition coefficient (Wildman–Crippen LogP) is 0.0695. The van der Waals surface area contributed by atoms with Crippen LogP contribution >= 0.6 is 11.8 Å². The summed E-state index contributed by atoms with van der Waals surface area (Å²) >= 11 is 1.17. The summed E-state index contributed by atoms with van der Waals surface area (Å²) in [6.45, 7) is 2.57. The quantitative estimate of drug-likeness (QED) is 0.565. The lowest BCUT2D eigenvalue weighted by molar-refractivity contribution is -0.410. The molecule has 1 rings (SSSR count). The second kappa shape index (κ2) is 8.10. The second-order valence-corrected chi connectivity index (χ2v) is 5.46. The molecule has 0 spiro atoms. The third-order valence-corrected chi connectivity index (χ3v) is 3.71. The highest BCUT2D eigenvalue weighted by atomic mass is 32.2. The van der Waals surface area contributed by atoms with Gasteiger partial charge < -0.3 is 10.1 Å². The van der Waals surface area contributed by atoms with Crippen LogP contribution in [0, 0.1) is 22.7 Å². The van der Waals surface area contributed by atoms with Crippen LogP contribution in [0.1, 0.15) is 18.1 Å². The maximum absolute atomic E-state index is 11.9. The van der Waals surface area contributed by atoms with Crippen LogP contribution in [-0.4, -0.2) is 31.4 Å². The predicted molar refractivity (Wildman–Crippen MR) is 77.0 cm³/mol. The summed E-state index contributed by atoms with van der Waals surface area (Å²) in [7, 11) is 1.55. The molecule has 8 heteroatoms. The minimum absolute atomic E-state index is 0.169. The summed E-state index contributed by atoms with van der Waals surface area (Å²) in [4.78, 5) is 14.7. The van der Waals surface area contributed by atoms with E-state index in [1.165, 1.54) is 17.8 Å². The van der Waals surface area contributed by atoms with E-state index in [1.807, 2.05) is 12.1 Å². The first kappa shape index (κ1) is 16.8. The Kier molecular flexibility index (Phi) is 6.47. The number of anilines is 1. The number of methoxy groups -OCH3 is 1. The Morgan fingerprint density at radius 2 is 2.19 bits per heavy atom. The molecule has 0 fully saturated rings. The van der Waals surface area contributed by atoms with Crippen LogP contribution in [0.25, 0.3) is 0 Å². The number of amides is 1. The number of aromatic amines is 1. The number of hydrogen-bond donors (Lipinski definition) is 2. The van der Waals surface area contributed by atoms with E-state index in [-0.39, 0.29) is 22.9 Å². The molecule has 0 aliphatic rings. The van der Waals surface area contributed by atoms with Gasteiger partial charge in [0, 0.05) is 13.7 Å². The minimum atomic E-state index is -0.419. The first-order chi connectivity index (χ1) is 10.0. The third-order valence-electron chi connectivity index (χ3n) is 2.58. The topological polar surface area (TPSA) is 126 Å². The monoisotopic (exact) mass is 306 g/mol. The number of carbonyl (C=O) groups is 1. The molecule has 0 aliphatic carbocycles. The van der Waals surface area contributed by atoms with Gasteiger partial charge in [-0.1, -0.05) is 11.8 Å². The van der Waals surface area contributed by atoms with Gasteiger partial charge in [-0.25, -0.2) is 4.98 Å². The van der Waals surface area contributed by atoms with Crippen LogP contribution in [0.5, 0.6) is 0 Å². The van der Waals surface area contributed by atoms with Crippen molar-refractivity contribution in [3.05, 3.63) is 17.2 Å². The first-order valence-corrected chi connectivity index (χ1v) is 7.00. The molecule has 0 saturated carbocycles. The van der Waals surface area contributed by atoms with Gasteiger partial charge in [0.2, 0.25) is 5.91 Å².